The third-order valence-corrected chi connectivity index (χ3v) is 6.06. The third-order valence-electron chi connectivity index (χ3n) is 3.51. The van der Waals surface area contributed by atoms with Crippen molar-refractivity contribution in [3.63, 3.8) is 0 Å². The number of sulfone groups is 1. The molecule has 0 aromatic rings. The minimum absolute atomic E-state index is 0.124. The van der Waals surface area contributed by atoms with Gasteiger partial charge in [-0.2, -0.15) is 0 Å². The fraction of sp³-hybridized carbons (Fsp3) is 0.909. The number of carboxylic acids is 1. The Bertz CT molecular complexity index is 531. The van der Waals surface area contributed by atoms with Crippen LogP contribution in [0.2, 0.25) is 0 Å². The van der Waals surface area contributed by atoms with Crippen molar-refractivity contribution in [3.05, 3.63) is 0 Å². The highest BCUT2D eigenvalue weighted by Crippen LogP contribution is 2.28. The van der Waals surface area contributed by atoms with Gasteiger partial charge < -0.3 is 5.11 Å². The van der Waals surface area contributed by atoms with Gasteiger partial charge in [0.2, 0.25) is 10.0 Å². The molecule has 1 aliphatic rings. The zero-order chi connectivity index (χ0) is 15.4. The predicted octanol–water partition coefficient (Wildman–Crippen LogP) is -0.159. The number of nitrogens with one attached hydrogen (secondary N) is 1. The Kier molecular flexibility index (Phi) is 5.96. The summed E-state index contributed by atoms with van der Waals surface area (Å²) in [5, 5.41) is 8.86. The van der Waals surface area contributed by atoms with Crippen molar-refractivity contribution in [2.24, 2.45) is 11.8 Å². The first kappa shape index (κ1) is 17.4. The van der Waals surface area contributed by atoms with Crippen LogP contribution in [0, 0.1) is 11.8 Å². The van der Waals surface area contributed by atoms with Gasteiger partial charge in [0.05, 0.1) is 17.4 Å². The van der Waals surface area contributed by atoms with Crippen LogP contribution in [0.25, 0.3) is 0 Å². The zero-order valence-electron chi connectivity index (χ0n) is 11.4. The Morgan fingerprint density at radius 2 is 1.65 bits per heavy atom. The summed E-state index contributed by atoms with van der Waals surface area (Å²) in [5.74, 6) is -1.83. The van der Waals surface area contributed by atoms with Gasteiger partial charge in [0.25, 0.3) is 0 Å². The lowest BCUT2D eigenvalue weighted by atomic mass is 9.82. The monoisotopic (exact) mass is 327 g/mol. The van der Waals surface area contributed by atoms with Crippen molar-refractivity contribution in [3.8, 4) is 0 Å². The number of carbonyl (C=O) groups is 1. The van der Waals surface area contributed by atoms with E-state index >= 15 is 0 Å². The molecule has 20 heavy (non-hydrogen) atoms. The molecule has 1 fully saturated rings. The van der Waals surface area contributed by atoms with Crippen LogP contribution in [-0.2, 0) is 24.7 Å². The SMILES string of the molecule is CS(=O)(=O)CCS(=O)(=O)NCC1CCC(C(=O)O)CC1. The van der Waals surface area contributed by atoms with Gasteiger partial charge in [-0.3, -0.25) is 4.79 Å². The van der Waals surface area contributed by atoms with Gasteiger partial charge in [0.1, 0.15) is 9.84 Å². The van der Waals surface area contributed by atoms with Gasteiger partial charge in [0.15, 0.2) is 0 Å². The Balaban J connectivity index is 2.35. The molecule has 0 radical (unpaired) electrons. The zero-order valence-corrected chi connectivity index (χ0v) is 13.0. The Hall–Kier alpha value is -0.670. The lowest BCUT2D eigenvalue weighted by Gasteiger charge is -2.26. The topological polar surface area (TPSA) is 118 Å². The van der Waals surface area contributed by atoms with E-state index in [0.29, 0.717) is 25.7 Å². The lowest BCUT2D eigenvalue weighted by molar-refractivity contribution is -0.143. The molecular weight excluding hydrogens is 306 g/mol. The molecule has 2 N–H and O–H groups in total. The second-order valence-corrected chi connectivity index (χ2v) is 9.54. The summed E-state index contributed by atoms with van der Waals surface area (Å²) < 4.78 is 47.5. The molecule has 1 aliphatic carbocycles. The number of aliphatic carboxylic acids is 1. The largest absolute Gasteiger partial charge is 0.481 e. The standard InChI is InChI=1S/C11H21NO6S2/c1-19(15,16)6-7-20(17,18)12-8-9-2-4-10(5-3-9)11(13)14/h9-10,12H,2-8H2,1H3,(H,13,14). The maximum atomic E-state index is 11.6. The van der Waals surface area contributed by atoms with Gasteiger partial charge >= 0.3 is 5.97 Å². The summed E-state index contributed by atoms with van der Waals surface area (Å²) in [7, 11) is -6.89. The van der Waals surface area contributed by atoms with Crippen LogP contribution >= 0.6 is 0 Å². The summed E-state index contributed by atoms with van der Waals surface area (Å²) in [6.07, 6.45) is 3.46. The highest BCUT2D eigenvalue weighted by molar-refractivity contribution is 7.93. The van der Waals surface area contributed by atoms with Crippen LogP contribution in [-0.4, -0.2) is 52.2 Å². The highest BCUT2D eigenvalue weighted by atomic mass is 32.2. The van der Waals surface area contributed by atoms with E-state index in [2.05, 4.69) is 4.72 Å². The number of hydrogen-bond acceptors (Lipinski definition) is 5. The molecule has 0 atom stereocenters. The lowest BCUT2D eigenvalue weighted by Crippen LogP contribution is -2.35. The molecule has 0 aromatic carbocycles. The van der Waals surface area contributed by atoms with Crippen LogP contribution in [0.1, 0.15) is 25.7 Å². The molecule has 1 rings (SSSR count). The first-order chi connectivity index (χ1) is 9.09. The summed E-state index contributed by atoms with van der Waals surface area (Å²) in [6.45, 7) is 0.248. The van der Waals surface area contributed by atoms with Crippen molar-refractivity contribution in [1.29, 1.82) is 0 Å². The molecule has 7 nitrogen and oxygen atoms in total. The Labute approximate surface area is 119 Å². The van der Waals surface area contributed by atoms with Gasteiger partial charge in [-0.1, -0.05) is 0 Å². The van der Waals surface area contributed by atoms with E-state index in [9.17, 15) is 21.6 Å². The van der Waals surface area contributed by atoms with Gasteiger partial charge in [-0.15, -0.1) is 0 Å². The summed E-state index contributed by atoms with van der Waals surface area (Å²) in [4.78, 5) is 10.8. The fourth-order valence-electron chi connectivity index (χ4n) is 2.19. The number of hydrogen-bond donors (Lipinski definition) is 2. The van der Waals surface area contributed by atoms with Gasteiger partial charge in [-0.25, -0.2) is 21.6 Å². The van der Waals surface area contributed by atoms with E-state index < -0.39 is 37.3 Å². The summed E-state index contributed by atoms with van der Waals surface area (Å²) in [5.41, 5.74) is 0. The minimum Gasteiger partial charge on any atom is -0.481 e. The predicted molar refractivity (Wildman–Crippen MR) is 74.6 cm³/mol. The van der Waals surface area contributed by atoms with Crippen LogP contribution in [0.3, 0.4) is 0 Å². The second-order valence-electron chi connectivity index (χ2n) is 5.35. The molecular formula is C11H21NO6S2. The van der Waals surface area contributed by atoms with Crippen molar-refractivity contribution >= 4 is 25.8 Å². The maximum Gasteiger partial charge on any atom is 0.306 e. The van der Waals surface area contributed by atoms with Crippen molar-refractivity contribution in [2.45, 2.75) is 25.7 Å². The molecule has 0 amide bonds. The van der Waals surface area contributed by atoms with E-state index in [1.807, 2.05) is 0 Å². The molecule has 9 heteroatoms. The second kappa shape index (κ2) is 6.86. The minimum atomic E-state index is -3.59. The molecule has 0 spiro atoms. The molecule has 1 saturated carbocycles. The van der Waals surface area contributed by atoms with E-state index in [-0.39, 0.29) is 18.4 Å². The molecule has 0 unspecified atom stereocenters. The van der Waals surface area contributed by atoms with Crippen LogP contribution < -0.4 is 4.72 Å². The third kappa shape index (κ3) is 6.67. The van der Waals surface area contributed by atoms with Crippen LogP contribution in [0.4, 0.5) is 0 Å². The van der Waals surface area contributed by atoms with E-state index in [4.69, 9.17) is 5.11 Å². The van der Waals surface area contributed by atoms with Crippen molar-refractivity contribution < 1.29 is 26.7 Å². The summed E-state index contributed by atoms with van der Waals surface area (Å²) >= 11 is 0. The Morgan fingerprint density at radius 3 is 2.10 bits per heavy atom. The molecule has 118 valence electrons. The van der Waals surface area contributed by atoms with Gasteiger partial charge in [0, 0.05) is 12.8 Å². The highest BCUT2D eigenvalue weighted by Gasteiger charge is 2.26. The van der Waals surface area contributed by atoms with Crippen molar-refractivity contribution in [2.75, 3.05) is 24.3 Å². The average Bonchev–Trinajstić information content (AvgIpc) is 2.34. The van der Waals surface area contributed by atoms with Crippen LogP contribution in [0.15, 0.2) is 0 Å². The Morgan fingerprint density at radius 1 is 1.10 bits per heavy atom. The van der Waals surface area contributed by atoms with Crippen LogP contribution in [0.5, 0.6) is 0 Å². The molecule has 0 heterocycles. The summed E-state index contributed by atoms with van der Waals surface area (Å²) in [6, 6.07) is 0. The fourth-order valence-corrected chi connectivity index (χ4v) is 4.91. The first-order valence-electron chi connectivity index (χ1n) is 6.47. The molecule has 0 bridgehead atoms. The normalized spacial score (nSPS) is 24.4. The van der Waals surface area contributed by atoms with Crippen molar-refractivity contribution in [1.82, 2.24) is 4.72 Å². The number of carboxylic acid groups (broad SMARTS) is 1. The quantitative estimate of drug-likeness (QED) is 0.671. The molecule has 0 saturated heterocycles. The van der Waals surface area contributed by atoms with E-state index in [1.165, 1.54) is 0 Å². The maximum absolute atomic E-state index is 11.6. The number of rotatable bonds is 7. The molecule has 0 aromatic heterocycles. The van der Waals surface area contributed by atoms with Gasteiger partial charge in [-0.05, 0) is 31.6 Å². The van der Waals surface area contributed by atoms with E-state index in [0.717, 1.165) is 6.26 Å². The van der Waals surface area contributed by atoms with E-state index in [1.54, 1.807) is 0 Å². The molecule has 0 aliphatic heterocycles. The average molecular weight is 327 g/mol. The smallest absolute Gasteiger partial charge is 0.306 e. The first-order valence-corrected chi connectivity index (χ1v) is 10.2. The number of sulfonamides is 1.